The van der Waals surface area contributed by atoms with Gasteiger partial charge < -0.3 is 0 Å². The van der Waals surface area contributed by atoms with Gasteiger partial charge in [0.25, 0.3) is 5.69 Å². The fourth-order valence-corrected chi connectivity index (χ4v) is 5.50. The van der Waals surface area contributed by atoms with E-state index in [9.17, 15) is 14.9 Å². The summed E-state index contributed by atoms with van der Waals surface area (Å²) in [6.07, 6.45) is 0.707. The van der Waals surface area contributed by atoms with E-state index in [2.05, 4.69) is 0 Å². The molecule has 2 aliphatic rings. The van der Waals surface area contributed by atoms with Gasteiger partial charge in [0.05, 0.1) is 22.0 Å². The van der Waals surface area contributed by atoms with Crippen molar-refractivity contribution in [2.24, 2.45) is 10.2 Å². The molecule has 2 heterocycles. The predicted molar refractivity (Wildman–Crippen MR) is 135 cm³/mol. The zero-order valence-electron chi connectivity index (χ0n) is 18.6. The fraction of sp³-hybridized carbons (Fsp3) is 0.160. The molecule has 0 unspecified atom stereocenters. The maximum absolute atomic E-state index is 12.6. The second-order valence-corrected chi connectivity index (χ2v) is 9.01. The Hall–Kier alpha value is -3.98. The predicted octanol–water partition coefficient (Wildman–Crippen LogP) is 5.50. The Morgan fingerprint density at radius 3 is 2.35 bits per heavy atom. The van der Waals surface area contributed by atoms with Gasteiger partial charge in [0.15, 0.2) is 10.8 Å². The monoisotopic (exact) mass is 471 g/mol. The molecule has 8 nitrogen and oxygen atoms in total. The number of carbonyl (C=O) groups excluding carboxylic acids is 1. The van der Waals surface area contributed by atoms with Crippen molar-refractivity contribution in [2.75, 3.05) is 10.0 Å². The smallest absolute Gasteiger partial charge is 0.271 e. The summed E-state index contributed by atoms with van der Waals surface area (Å²) in [5.41, 5.74) is 4.01. The van der Waals surface area contributed by atoms with E-state index in [0.717, 1.165) is 22.5 Å². The van der Waals surface area contributed by atoms with Gasteiger partial charge in [0.2, 0.25) is 4.99 Å². The van der Waals surface area contributed by atoms with Crippen molar-refractivity contribution in [3.8, 4) is 0 Å². The molecule has 1 spiro atoms. The van der Waals surface area contributed by atoms with Crippen LogP contribution in [0.3, 0.4) is 0 Å². The van der Waals surface area contributed by atoms with Crippen LogP contribution in [0.5, 0.6) is 0 Å². The first kappa shape index (κ1) is 21.8. The molecule has 0 bridgehead atoms. The summed E-state index contributed by atoms with van der Waals surface area (Å²) in [5.74, 6) is -0.187. The Morgan fingerprint density at radius 2 is 1.65 bits per heavy atom. The molecule has 34 heavy (non-hydrogen) atoms. The van der Waals surface area contributed by atoms with Gasteiger partial charge in [-0.05, 0) is 36.4 Å². The summed E-state index contributed by atoms with van der Waals surface area (Å²) in [7, 11) is 0. The molecule has 5 rings (SSSR count). The third-order valence-corrected chi connectivity index (χ3v) is 7.15. The van der Waals surface area contributed by atoms with Crippen molar-refractivity contribution >= 4 is 45.4 Å². The van der Waals surface area contributed by atoms with E-state index in [1.54, 1.807) is 17.1 Å². The molecule has 0 aliphatic carbocycles. The Morgan fingerprint density at radius 1 is 0.971 bits per heavy atom. The molecular weight excluding hydrogens is 450 g/mol. The van der Waals surface area contributed by atoms with E-state index in [-0.39, 0.29) is 11.5 Å². The van der Waals surface area contributed by atoms with Crippen LogP contribution >= 0.6 is 11.8 Å². The van der Waals surface area contributed by atoms with E-state index in [1.807, 2.05) is 66.5 Å². The van der Waals surface area contributed by atoms with Gasteiger partial charge in [-0.2, -0.15) is 10.2 Å². The third kappa shape index (κ3) is 3.36. The van der Waals surface area contributed by atoms with Crippen LogP contribution in [0.1, 0.15) is 31.4 Å². The van der Waals surface area contributed by atoms with Gasteiger partial charge in [-0.25, -0.2) is 10.0 Å². The first-order chi connectivity index (χ1) is 16.5. The van der Waals surface area contributed by atoms with Gasteiger partial charge in [-0.3, -0.25) is 14.9 Å². The maximum atomic E-state index is 12.6. The van der Waals surface area contributed by atoms with Gasteiger partial charge in [-0.15, -0.1) is 0 Å². The number of anilines is 2. The molecule has 0 N–H and O–H groups in total. The number of carbonyl (C=O) groups is 1. The molecule has 0 radical (unpaired) electrons. The molecular formula is C25H21N5O3S. The summed E-state index contributed by atoms with van der Waals surface area (Å²) >= 11 is 1.29. The lowest BCUT2D eigenvalue weighted by Gasteiger charge is -2.47. The molecule has 3 aromatic carbocycles. The number of nitro groups is 1. The molecule has 9 heteroatoms. The third-order valence-electron chi connectivity index (χ3n) is 5.74. The highest BCUT2D eigenvalue weighted by molar-refractivity contribution is 8.17. The van der Waals surface area contributed by atoms with Crippen LogP contribution < -0.4 is 10.0 Å². The minimum absolute atomic E-state index is 0.0581. The zero-order valence-corrected chi connectivity index (χ0v) is 19.4. The van der Waals surface area contributed by atoms with Gasteiger partial charge in [0, 0.05) is 30.2 Å². The van der Waals surface area contributed by atoms with Crippen molar-refractivity contribution in [3.63, 3.8) is 0 Å². The molecule has 0 amide bonds. The van der Waals surface area contributed by atoms with Gasteiger partial charge in [0.1, 0.15) is 0 Å². The number of nitro benzene ring substituents is 1. The number of ketones is 1. The Kier molecular flexibility index (Phi) is 5.41. The molecule has 0 saturated heterocycles. The fourth-order valence-electron chi connectivity index (χ4n) is 4.21. The SMILES string of the molecule is CCC1=NN(c2ccccc2)[C@]2(SC(C(C)=O)=NN2c2cccc([N+](=O)[O-])c2)c2ccccc21. The highest BCUT2D eigenvalue weighted by Crippen LogP contribution is 2.55. The number of hydrogen-bond donors (Lipinski definition) is 0. The second kappa shape index (κ2) is 8.42. The lowest BCUT2D eigenvalue weighted by atomic mass is 9.96. The van der Waals surface area contributed by atoms with Crippen LogP contribution in [0.15, 0.2) is 89.1 Å². The number of benzene rings is 3. The molecule has 2 aliphatic heterocycles. The molecule has 0 aromatic heterocycles. The number of thioether (sulfide) groups is 1. The highest BCUT2D eigenvalue weighted by Gasteiger charge is 2.55. The van der Waals surface area contributed by atoms with E-state index in [4.69, 9.17) is 10.2 Å². The van der Waals surface area contributed by atoms with Gasteiger partial charge >= 0.3 is 0 Å². The summed E-state index contributed by atoms with van der Waals surface area (Å²) < 4.78 is 0. The Labute approximate surface area is 200 Å². The number of Topliss-reactive ketones (excluding diaryl/α,β-unsaturated/α-hetero) is 1. The zero-order chi connectivity index (χ0) is 23.9. The van der Waals surface area contributed by atoms with Crippen LogP contribution in [-0.4, -0.2) is 21.5 Å². The van der Waals surface area contributed by atoms with Crippen LogP contribution in [-0.2, 0) is 9.79 Å². The van der Waals surface area contributed by atoms with Crippen molar-refractivity contribution in [2.45, 2.75) is 25.3 Å². The quantitative estimate of drug-likeness (QED) is 0.361. The summed E-state index contributed by atoms with van der Waals surface area (Å²) in [4.78, 5) is 22.6. The van der Waals surface area contributed by atoms with Crippen LogP contribution in [0.4, 0.5) is 17.1 Å². The number of hydrazone groups is 2. The highest BCUT2D eigenvalue weighted by atomic mass is 32.2. The number of non-ortho nitro benzene ring substituents is 1. The average molecular weight is 472 g/mol. The standard InChI is InChI=1S/C25H21N5O3S/c1-3-23-21-14-7-8-15-22(21)25(28(26-23)18-10-5-4-6-11-18)29(27-24(34-25)17(2)31)19-12-9-13-20(16-19)30(32)33/h4-16H,3H2,1-2H3/t25-/m1/s1. The number of nitrogens with zero attached hydrogens (tertiary/aromatic N) is 5. The average Bonchev–Trinajstić information content (AvgIpc) is 3.26. The van der Waals surface area contributed by atoms with E-state index in [0.29, 0.717) is 17.2 Å². The Bertz CT molecular complexity index is 1360. The molecule has 1 atom stereocenters. The van der Waals surface area contributed by atoms with Crippen molar-refractivity contribution in [1.82, 2.24) is 0 Å². The maximum Gasteiger partial charge on any atom is 0.271 e. The molecule has 0 fully saturated rings. The largest absolute Gasteiger partial charge is 0.292 e. The van der Waals surface area contributed by atoms with Crippen LogP contribution in [0.25, 0.3) is 0 Å². The Balaban J connectivity index is 1.82. The molecule has 170 valence electrons. The number of hydrogen-bond acceptors (Lipinski definition) is 8. The van der Waals surface area contributed by atoms with Crippen molar-refractivity contribution in [1.29, 1.82) is 0 Å². The van der Waals surface area contributed by atoms with Crippen LogP contribution in [0.2, 0.25) is 0 Å². The van der Waals surface area contributed by atoms with E-state index >= 15 is 0 Å². The van der Waals surface area contributed by atoms with Crippen LogP contribution in [0, 0.1) is 10.1 Å². The molecule has 0 saturated carbocycles. The second-order valence-electron chi connectivity index (χ2n) is 7.85. The van der Waals surface area contributed by atoms with E-state index < -0.39 is 9.92 Å². The normalized spacial score (nSPS) is 19.0. The first-order valence-corrected chi connectivity index (χ1v) is 11.6. The van der Waals surface area contributed by atoms with E-state index in [1.165, 1.54) is 30.8 Å². The number of rotatable bonds is 5. The van der Waals surface area contributed by atoms with Crippen molar-refractivity contribution < 1.29 is 9.72 Å². The minimum Gasteiger partial charge on any atom is -0.292 e. The lowest BCUT2D eigenvalue weighted by molar-refractivity contribution is -0.384. The summed E-state index contributed by atoms with van der Waals surface area (Å²) in [6.45, 7) is 3.52. The first-order valence-electron chi connectivity index (χ1n) is 10.8. The minimum atomic E-state index is -1.09. The molecule has 3 aromatic rings. The topological polar surface area (TPSA) is 91.4 Å². The number of para-hydroxylation sites is 1. The summed E-state index contributed by atoms with van der Waals surface area (Å²) in [6, 6.07) is 23.9. The van der Waals surface area contributed by atoms with Gasteiger partial charge in [-0.1, -0.05) is 55.5 Å². The lowest BCUT2D eigenvalue weighted by Crippen LogP contribution is -2.53. The number of fused-ring (bicyclic) bond motifs is 2. The van der Waals surface area contributed by atoms with Crippen molar-refractivity contribution in [3.05, 3.63) is 100 Å². The summed E-state index contributed by atoms with van der Waals surface area (Å²) in [5, 5.41) is 25.1.